The zero-order chi connectivity index (χ0) is 16.7. The van der Waals surface area contributed by atoms with Crippen molar-refractivity contribution in [2.45, 2.75) is 31.4 Å². The second-order valence-corrected chi connectivity index (χ2v) is 5.34. The number of rotatable bonds is 7. The third kappa shape index (κ3) is 5.06. The molecule has 23 heavy (non-hydrogen) atoms. The fraction of sp³-hybridized carbons (Fsp3) is 0.438. The zero-order valence-electron chi connectivity index (χ0n) is 12.6. The largest absolute Gasteiger partial charge is 0.480 e. The number of ether oxygens (including phenoxy) is 1. The first-order valence-corrected chi connectivity index (χ1v) is 7.47. The van der Waals surface area contributed by atoms with Crippen LogP contribution < -0.4 is 10.6 Å². The number of benzene rings is 1. The molecule has 1 saturated heterocycles. The summed E-state index contributed by atoms with van der Waals surface area (Å²) in [7, 11) is 0. The minimum atomic E-state index is -1.09. The van der Waals surface area contributed by atoms with E-state index in [0.717, 1.165) is 12.8 Å². The molecule has 3 N–H and O–H groups in total. The van der Waals surface area contributed by atoms with Crippen molar-refractivity contribution in [2.75, 3.05) is 18.5 Å². The third-order valence-electron chi connectivity index (χ3n) is 3.63. The van der Waals surface area contributed by atoms with Crippen molar-refractivity contribution in [3.05, 3.63) is 29.8 Å². The lowest BCUT2D eigenvalue weighted by Crippen LogP contribution is -2.43. The smallest absolute Gasteiger partial charge is 0.321 e. The van der Waals surface area contributed by atoms with E-state index < -0.39 is 17.9 Å². The van der Waals surface area contributed by atoms with Crippen LogP contribution in [-0.4, -0.2) is 42.3 Å². The van der Waals surface area contributed by atoms with Crippen LogP contribution >= 0.6 is 0 Å². The summed E-state index contributed by atoms with van der Waals surface area (Å²) < 4.78 is 5.42. The summed E-state index contributed by atoms with van der Waals surface area (Å²) in [6, 6.07) is 7.56. The fourth-order valence-corrected chi connectivity index (χ4v) is 2.40. The number of anilines is 1. The van der Waals surface area contributed by atoms with Crippen LogP contribution in [0.2, 0.25) is 0 Å². The molecule has 1 aromatic carbocycles. The fourth-order valence-electron chi connectivity index (χ4n) is 2.40. The van der Waals surface area contributed by atoms with Crippen molar-refractivity contribution in [2.24, 2.45) is 0 Å². The van der Waals surface area contributed by atoms with Crippen molar-refractivity contribution in [3.8, 4) is 6.07 Å². The quantitative estimate of drug-likeness (QED) is 0.694. The molecule has 1 aliphatic heterocycles. The molecule has 7 nitrogen and oxygen atoms in total. The van der Waals surface area contributed by atoms with E-state index in [-0.39, 0.29) is 12.5 Å². The number of para-hydroxylation sites is 1. The number of carboxylic acid groups (broad SMARTS) is 1. The molecule has 1 aliphatic rings. The third-order valence-corrected chi connectivity index (χ3v) is 3.63. The Labute approximate surface area is 134 Å². The van der Waals surface area contributed by atoms with Crippen molar-refractivity contribution >= 4 is 17.6 Å². The average molecular weight is 317 g/mol. The molecule has 0 aliphatic carbocycles. The van der Waals surface area contributed by atoms with Gasteiger partial charge in [-0.05, 0) is 25.0 Å². The maximum Gasteiger partial charge on any atom is 0.321 e. The molecule has 1 fully saturated rings. The van der Waals surface area contributed by atoms with Crippen molar-refractivity contribution < 1.29 is 19.4 Å². The van der Waals surface area contributed by atoms with Gasteiger partial charge in [-0.1, -0.05) is 12.1 Å². The van der Waals surface area contributed by atoms with Crippen LogP contribution in [0.5, 0.6) is 0 Å². The maximum absolute atomic E-state index is 12.0. The van der Waals surface area contributed by atoms with E-state index >= 15 is 0 Å². The second-order valence-electron chi connectivity index (χ2n) is 5.34. The van der Waals surface area contributed by atoms with Crippen LogP contribution in [0.3, 0.4) is 0 Å². The molecular formula is C16H19N3O4. The molecule has 0 spiro atoms. The van der Waals surface area contributed by atoms with E-state index in [1.165, 1.54) is 0 Å². The standard InChI is InChI=1S/C16H19N3O4/c17-9-11-4-1-2-6-13(11)19-15(20)8-14(16(21)22)18-10-12-5-3-7-23-12/h1-2,4,6,12,14,18H,3,5,7-8,10H2,(H,19,20)(H,21,22)/t12-,14-/m1/s1. The minimum absolute atomic E-state index is 0.000717. The van der Waals surface area contributed by atoms with Gasteiger partial charge in [-0.3, -0.25) is 9.59 Å². The molecule has 7 heteroatoms. The van der Waals surface area contributed by atoms with E-state index in [1.807, 2.05) is 6.07 Å². The molecule has 2 atom stereocenters. The molecule has 2 rings (SSSR count). The van der Waals surface area contributed by atoms with Gasteiger partial charge in [0.05, 0.1) is 23.8 Å². The number of aliphatic carboxylic acids is 1. The monoisotopic (exact) mass is 317 g/mol. The molecule has 122 valence electrons. The van der Waals surface area contributed by atoms with Crippen molar-refractivity contribution in [1.82, 2.24) is 5.32 Å². The molecular weight excluding hydrogens is 298 g/mol. The molecule has 0 saturated carbocycles. The number of amides is 1. The lowest BCUT2D eigenvalue weighted by Gasteiger charge is -2.17. The Balaban J connectivity index is 1.89. The van der Waals surface area contributed by atoms with E-state index in [2.05, 4.69) is 10.6 Å². The maximum atomic E-state index is 12.0. The number of nitrogens with zero attached hydrogens (tertiary/aromatic N) is 1. The lowest BCUT2D eigenvalue weighted by atomic mass is 10.1. The second kappa shape index (κ2) is 8.27. The van der Waals surface area contributed by atoms with E-state index in [1.54, 1.807) is 24.3 Å². The highest BCUT2D eigenvalue weighted by molar-refractivity contribution is 5.95. The summed E-state index contributed by atoms with van der Waals surface area (Å²) in [5.41, 5.74) is 0.711. The van der Waals surface area contributed by atoms with Crippen LogP contribution in [0, 0.1) is 11.3 Å². The Morgan fingerprint density at radius 3 is 2.87 bits per heavy atom. The van der Waals surface area contributed by atoms with Gasteiger partial charge in [0, 0.05) is 13.2 Å². The SMILES string of the molecule is N#Cc1ccccc1NC(=O)C[C@@H](NC[C@H]1CCCO1)C(=O)O. The van der Waals surface area contributed by atoms with Crippen LogP contribution in [0.15, 0.2) is 24.3 Å². The molecule has 0 unspecified atom stereocenters. The number of carboxylic acids is 1. The summed E-state index contributed by atoms with van der Waals surface area (Å²) in [6.45, 7) is 1.09. The summed E-state index contributed by atoms with van der Waals surface area (Å²) in [6.07, 6.45) is 1.64. The molecule has 1 heterocycles. The number of nitrogens with one attached hydrogen (secondary N) is 2. The number of nitriles is 1. The van der Waals surface area contributed by atoms with E-state index in [9.17, 15) is 14.7 Å². The summed E-state index contributed by atoms with van der Waals surface area (Å²) >= 11 is 0. The summed E-state index contributed by atoms with van der Waals surface area (Å²) in [4.78, 5) is 23.3. The molecule has 0 bridgehead atoms. The normalized spacial score (nSPS) is 18.1. The molecule has 0 radical (unpaired) electrons. The highest BCUT2D eigenvalue weighted by Gasteiger charge is 2.24. The Kier molecular flexibility index (Phi) is 6.09. The predicted molar refractivity (Wildman–Crippen MR) is 82.8 cm³/mol. The van der Waals surface area contributed by atoms with Gasteiger partial charge >= 0.3 is 5.97 Å². The first-order valence-electron chi connectivity index (χ1n) is 7.47. The topological polar surface area (TPSA) is 111 Å². The lowest BCUT2D eigenvalue weighted by molar-refractivity contribution is -0.141. The Hall–Kier alpha value is -2.43. The first kappa shape index (κ1) is 16.9. The molecule has 1 aromatic rings. The van der Waals surface area contributed by atoms with Crippen LogP contribution in [0.4, 0.5) is 5.69 Å². The summed E-state index contributed by atoms with van der Waals surface area (Å²) in [5, 5.41) is 23.6. The van der Waals surface area contributed by atoms with Gasteiger partial charge in [-0.2, -0.15) is 5.26 Å². The number of carbonyl (C=O) groups is 2. The highest BCUT2D eigenvalue weighted by Crippen LogP contribution is 2.14. The predicted octanol–water partition coefficient (Wildman–Crippen LogP) is 1.11. The van der Waals surface area contributed by atoms with Gasteiger partial charge in [0.15, 0.2) is 0 Å². The van der Waals surface area contributed by atoms with Gasteiger partial charge in [0.2, 0.25) is 5.91 Å². The van der Waals surface area contributed by atoms with Gasteiger partial charge in [0.25, 0.3) is 0 Å². The van der Waals surface area contributed by atoms with E-state index in [4.69, 9.17) is 10.00 Å². The average Bonchev–Trinajstić information content (AvgIpc) is 3.05. The summed E-state index contributed by atoms with van der Waals surface area (Å²) in [5.74, 6) is -1.55. The van der Waals surface area contributed by atoms with E-state index in [0.29, 0.717) is 24.4 Å². The minimum Gasteiger partial charge on any atom is -0.480 e. The Morgan fingerprint density at radius 1 is 1.43 bits per heavy atom. The highest BCUT2D eigenvalue weighted by atomic mass is 16.5. The van der Waals surface area contributed by atoms with Crippen LogP contribution in [0.1, 0.15) is 24.8 Å². The van der Waals surface area contributed by atoms with Gasteiger partial charge in [-0.15, -0.1) is 0 Å². The van der Waals surface area contributed by atoms with Crippen molar-refractivity contribution in [3.63, 3.8) is 0 Å². The van der Waals surface area contributed by atoms with Crippen LogP contribution in [0.25, 0.3) is 0 Å². The first-order chi connectivity index (χ1) is 11.1. The van der Waals surface area contributed by atoms with Gasteiger partial charge < -0.3 is 20.5 Å². The van der Waals surface area contributed by atoms with Gasteiger partial charge in [0.1, 0.15) is 12.1 Å². The number of hydrogen-bond donors (Lipinski definition) is 3. The Bertz CT molecular complexity index is 606. The zero-order valence-corrected chi connectivity index (χ0v) is 12.6. The number of hydrogen-bond acceptors (Lipinski definition) is 5. The van der Waals surface area contributed by atoms with Crippen molar-refractivity contribution in [1.29, 1.82) is 5.26 Å². The molecule has 1 amide bonds. The Morgan fingerprint density at radius 2 is 2.22 bits per heavy atom. The van der Waals surface area contributed by atoms with Crippen LogP contribution in [-0.2, 0) is 14.3 Å². The molecule has 0 aromatic heterocycles. The number of carbonyl (C=O) groups excluding carboxylic acids is 1. The van der Waals surface area contributed by atoms with Gasteiger partial charge in [-0.25, -0.2) is 0 Å².